The summed E-state index contributed by atoms with van der Waals surface area (Å²) < 4.78 is 11.5. The van der Waals surface area contributed by atoms with Crippen molar-refractivity contribution in [3.63, 3.8) is 0 Å². The Morgan fingerprint density at radius 3 is 2.61 bits per heavy atom. The monoisotopic (exact) mass is 384 g/mol. The van der Waals surface area contributed by atoms with E-state index in [0.29, 0.717) is 24.2 Å². The van der Waals surface area contributed by atoms with E-state index in [4.69, 9.17) is 9.47 Å². The molecule has 1 spiro atoms. The first kappa shape index (κ1) is 18.4. The first-order chi connectivity index (χ1) is 13.3. The van der Waals surface area contributed by atoms with Gasteiger partial charge in [-0.05, 0) is 79.8 Å². The Labute approximate surface area is 167 Å². The van der Waals surface area contributed by atoms with Crippen molar-refractivity contribution in [3.8, 4) is 0 Å². The Balaban J connectivity index is 1.46. The number of rotatable bonds is 1. The molecule has 0 aromatic heterocycles. The molecule has 0 aromatic carbocycles. The fourth-order valence-electron chi connectivity index (χ4n) is 7.73. The number of esters is 2. The van der Waals surface area contributed by atoms with Gasteiger partial charge < -0.3 is 9.47 Å². The molecule has 5 aliphatic rings. The minimum Gasteiger partial charge on any atom is -0.458 e. The van der Waals surface area contributed by atoms with Crippen molar-refractivity contribution in [2.24, 2.45) is 28.6 Å². The highest BCUT2D eigenvalue weighted by Gasteiger charge is 2.66. The summed E-state index contributed by atoms with van der Waals surface area (Å²) in [6.45, 7) is 6.32. The Kier molecular flexibility index (Phi) is 3.93. The molecule has 2 saturated carbocycles. The molecular weight excluding hydrogens is 352 g/mol. The van der Waals surface area contributed by atoms with Gasteiger partial charge in [0.2, 0.25) is 0 Å². The van der Waals surface area contributed by atoms with Gasteiger partial charge in [0.05, 0.1) is 0 Å². The number of hydrogen-bond donors (Lipinski definition) is 0. The number of carbonyl (C=O) groups is 2. The lowest BCUT2D eigenvalue weighted by Gasteiger charge is -2.57. The Hall–Kier alpha value is -1.58. The molecule has 7 atom stereocenters. The van der Waals surface area contributed by atoms with Crippen molar-refractivity contribution >= 4 is 11.9 Å². The fourth-order valence-corrected chi connectivity index (χ4v) is 7.73. The predicted molar refractivity (Wildman–Crippen MR) is 105 cm³/mol. The first-order valence-electron chi connectivity index (χ1n) is 11.1. The Morgan fingerprint density at radius 2 is 1.89 bits per heavy atom. The molecule has 0 radical (unpaired) electrons. The van der Waals surface area contributed by atoms with Crippen LogP contribution in [0, 0.1) is 28.6 Å². The van der Waals surface area contributed by atoms with Crippen LogP contribution < -0.4 is 0 Å². The summed E-state index contributed by atoms with van der Waals surface area (Å²) in [5.74, 6) is 1.60. The third-order valence-corrected chi connectivity index (χ3v) is 9.27. The van der Waals surface area contributed by atoms with Crippen LogP contribution in [0.3, 0.4) is 0 Å². The van der Waals surface area contributed by atoms with Gasteiger partial charge in [0, 0.05) is 18.8 Å². The van der Waals surface area contributed by atoms with Crippen LogP contribution in [0.15, 0.2) is 23.8 Å². The maximum Gasteiger partial charge on any atom is 0.306 e. The van der Waals surface area contributed by atoms with Crippen LogP contribution in [0.1, 0.15) is 72.1 Å². The highest BCUT2D eigenvalue weighted by molar-refractivity contribution is 5.72. The molecule has 1 saturated heterocycles. The van der Waals surface area contributed by atoms with E-state index in [1.54, 1.807) is 0 Å². The second kappa shape index (κ2) is 5.96. The molecule has 1 heterocycles. The summed E-state index contributed by atoms with van der Waals surface area (Å²) in [5, 5.41) is 0. The zero-order valence-electron chi connectivity index (χ0n) is 17.3. The van der Waals surface area contributed by atoms with E-state index in [1.165, 1.54) is 25.3 Å². The van der Waals surface area contributed by atoms with E-state index in [0.717, 1.165) is 32.1 Å². The quantitative estimate of drug-likeness (QED) is 0.613. The standard InChI is InChI=1S/C24H32O4/c1-15(25)27-17-6-10-22(2)16(14-17)4-5-18-19(22)7-11-23(3)20(18)8-12-24(23)13-9-21(26)28-24/h4-5,14,17-20H,6-13H2,1-3H3/t17-,18+,19+,20+,22+,23+,24+/m1/s1. The van der Waals surface area contributed by atoms with E-state index in [1.807, 2.05) is 0 Å². The predicted octanol–water partition coefficient (Wildman–Crippen LogP) is 4.73. The molecule has 4 nitrogen and oxygen atoms in total. The van der Waals surface area contributed by atoms with Crippen LogP contribution in [0.4, 0.5) is 0 Å². The average Bonchev–Trinajstić information content (AvgIpc) is 3.16. The molecule has 0 aromatic rings. The number of ether oxygens (including phenoxy) is 2. The minimum absolute atomic E-state index is 0.00385. The van der Waals surface area contributed by atoms with Gasteiger partial charge in [0.1, 0.15) is 11.7 Å². The van der Waals surface area contributed by atoms with E-state index in [-0.39, 0.29) is 34.5 Å². The Bertz CT molecular complexity index is 781. The van der Waals surface area contributed by atoms with Gasteiger partial charge in [0.25, 0.3) is 0 Å². The SMILES string of the molecule is CC(=O)O[C@H]1C=C2C=C[C@H]3[C@H](CC[C@@]4(C)[C@H]3CC[C@]43CCC(=O)O3)[C@@]2(C)CC1. The van der Waals surface area contributed by atoms with Gasteiger partial charge in [0.15, 0.2) is 0 Å². The van der Waals surface area contributed by atoms with Crippen LogP contribution >= 0.6 is 0 Å². The van der Waals surface area contributed by atoms with Crippen molar-refractivity contribution in [1.82, 2.24) is 0 Å². The van der Waals surface area contributed by atoms with E-state index in [9.17, 15) is 9.59 Å². The zero-order valence-corrected chi connectivity index (χ0v) is 17.3. The number of carbonyl (C=O) groups excluding carboxylic acids is 2. The van der Waals surface area contributed by atoms with Crippen molar-refractivity contribution in [2.45, 2.75) is 83.8 Å². The van der Waals surface area contributed by atoms with Gasteiger partial charge in [-0.15, -0.1) is 0 Å². The van der Waals surface area contributed by atoms with E-state index < -0.39 is 0 Å². The lowest BCUT2D eigenvalue weighted by atomic mass is 9.48. The summed E-state index contributed by atoms with van der Waals surface area (Å²) in [5.41, 5.74) is 1.42. The largest absolute Gasteiger partial charge is 0.458 e. The number of hydrogen-bond acceptors (Lipinski definition) is 4. The molecule has 0 unspecified atom stereocenters. The average molecular weight is 385 g/mol. The summed E-state index contributed by atoms with van der Waals surface area (Å²) in [7, 11) is 0. The lowest BCUT2D eigenvalue weighted by molar-refractivity contribution is -0.165. The summed E-state index contributed by atoms with van der Waals surface area (Å²) >= 11 is 0. The lowest BCUT2D eigenvalue weighted by Crippen LogP contribution is -2.53. The normalized spacial score (nSPS) is 49.1. The molecule has 1 aliphatic heterocycles. The number of fused-ring (bicyclic) bond motifs is 6. The third kappa shape index (κ3) is 2.35. The van der Waals surface area contributed by atoms with Crippen LogP contribution in [0.25, 0.3) is 0 Å². The fraction of sp³-hybridized carbons (Fsp3) is 0.750. The van der Waals surface area contributed by atoms with Crippen LogP contribution in [0.2, 0.25) is 0 Å². The van der Waals surface area contributed by atoms with Gasteiger partial charge in [-0.25, -0.2) is 0 Å². The van der Waals surface area contributed by atoms with Crippen LogP contribution in [-0.2, 0) is 19.1 Å². The molecule has 5 rings (SSSR count). The number of allylic oxidation sites excluding steroid dienone is 3. The highest BCUT2D eigenvalue weighted by Crippen LogP contribution is 2.68. The molecule has 4 aliphatic carbocycles. The summed E-state index contributed by atoms with van der Waals surface area (Å²) in [6.07, 6.45) is 14.9. The molecule has 0 amide bonds. The minimum atomic E-state index is -0.211. The maximum atomic E-state index is 12.0. The molecular formula is C24H32O4. The molecule has 3 fully saturated rings. The maximum absolute atomic E-state index is 12.0. The smallest absolute Gasteiger partial charge is 0.306 e. The van der Waals surface area contributed by atoms with Crippen molar-refractivity contribution in [1.29, 1.82) is 0 Å². The third-order valence-electron chi connectivity index (χ3n) is 9.27. The molecule has 0 N–H and O–H groups in total. The second-order valence-corrected chi connectivity index (χ2v) is 10.3. The second-order valence-electron chi connectivity index (χ2n) is 10.3. The van der Waals surface area contributed by atoms with Gasteiger partial charge in [-0.3, -0.25) is 9.59 Å². The molecule has 152 valence electrons. The van der Waals surface area contributed by atoms with Gasteiger partial charge in [-0.2, -0.15) is 0 Å². The van der Waals surface area contributed by atoms with Crippen molar-refractivity contribution in [3.05, 3.63) is 23.8 Å². The first-order valence-corrected chi connectivity index (χ1v) is 11.1. The Morgan fingerprint density at radius 1 is 1.11 bits per heavy atom. The molecule has 0 bridgehead atoms. The summed E-state index contributed by atoms with van der Waals surface area (Å²) in [4.78, 5) is 23.4. The highest BCUT2D eigenvalue weighted by atomic mass is 16.6. The van der Waals surface area contributed by atoms with Crippen LogP contribution in [0.5, 0.6) is 0 Å². The van der Waals surface area contributed by atoms with E-state index >= 15 is 0 Å². The van der Waals surface area contributed by atoms with Crippen molar-refractivity contribution < 1.29 is 19.1 Å². The zero-order chi connectivity index (χ0) is 19.7. The van der Waals surface area contributed by atoms with Crippen molar-refractivity contribution in [2.75, 3.05) is 0 Å². The van der Waals surface area contributed by atoms with Gasteiger partial charge in [-0.1, -0.05) is 26.0 Å². The van der Waals surface area contributed by atoms with Crippen LogP contribution in [-0.4, -0.2) is 23.6 Å². The molecule has 28 heavy (non-hydrogen) atoms. The van der Waals surface area contributed by atoms with E-state index in [2.05, 4.69) is 32.1 Å². The molecule has 4 heteroatoms. The summed E-state index contributed by atoms with van der Waals surface area (Å²) in [6, 6.07) is 0. The topological polar surface area (TPSA) is 52.6 Å². The van der Waals surface area contributed by atoms with Gasteiger partial charge >= 0.3 is 11.9 Å².